The number of nitrogens with zero attached hydrogens (tertiary/aromatic N) is 3. The molecule has 2 heterocycles. The third-order valence-electron chi connectivity index (χ3n) is 3.79. The molecule has 0 radical (unpaired) electrons. The largest absolute Gasteiger partial charge is 0.341 e. The van der Waals surface area contributed by atoms with E-state index in [1.54, 1.807) is 12.1 Å². The van der Waals surface area contributed by atoms with E-state index in [4.69, 9.17) is 34.8 Å². The van der Waals surface area contributed by atoms with Gasteiger partial charge in [-0.05, 0) is 42.8 Å². The number of benzene rings is 1. The lowest BCUT2D eigenvalue weighted by Gasteiger charge is -2.20. The molecule has 0 bridgehead atoms. The molecule has 0 aliphatic carbocycles. The maximum atomic E-state index is 6.02. The Morgan fingerprint density at radius 1 is 1.08 bits per heavy atom. The Kier molecular flexibility index (Phi) is 6.02. The van der Waals surface area contributed by atoms with Gasteiger partial charge >= 0.3 is 0 Å². The van der Waals surface area contributed by atoms with Crippen LogP contribution in [0.1, 0.15) is 12.5 Å². The van der Waals surface area contributed by atoms with E-state index < -0.39 is 0 Å². The molecule has 0 spiro atoms. The third-order valence-corrected chi connectivity index (χ3v) is 4.44. The first kappa shape index (κ1) is 18.3. The molecule has 8 heteroatoms. The van der Waals surface area contributed by atoms with E-state index in [1.807, 2.05) is 18.2 Å². The Labute approximate surface area is 161 Å². The van der Waals surface area contributed by atoms with Gasteiger partial charge in [-0.3, -0.25) is 0 Å². The summed E-state index contributed by atoms with van der Waals surface area (Å²) >= 11 is 18.0. The van der Waals surface area contributed by atoms with Crippen LogP contribution in [0.25, 0.3) is 11.2 Å². The molecule has 5 nitrogen and oxygen atoms in total. The number of anilines is 1. The fourth-order valence-corrected chi connectivity index (χ4v) is 3.29. The molecule has 0 aliphatic rings. The number of halogens is 3. The number of aromatic nitrogens is 3. The van der Waals surface area contributed by atoms with Crippen molar-refractivity contribution in [3.05, 3.63) is 51.1 Å². The zero-order valence-electron chi connectivity index (χ0n) is 13.7. The minimum Gasteiger partial charge on any atom is -0.341 e. The summed E-state index contributed by atoms with van der Waals surface area (Å²) in [6.07, 6.45) is 0. The third kappa shape index (κ3) is 4.76. The van der Waals surface area contributed by atoms with Crippen molar-refractivity contribution in [3.63, 3.8) is 0 Å². The van der Waals surface area contributed by atoms with Crippen LogP contribution in [0.15, 0.2) is 30.3 Å². The quantitative estimate of drug-likeness (QED) is 0.453. The van der Waals surface area contributed by atoms with Crippen LogP contribution in [0, 0.1) is 0 Å². The van der Waals surface area contributed by atoms with Gasteiger partial charge in [0, 0.05) is 36.2 Å². The molecule has 0 amide bonds. The maximum absolute atomic E-state index is 6.02. The number of H-pyrrole nitrogens is 1. The summed E-state index contributed by atoms with van der Waals surface area (Å²) in [5.74, 6) is 0.792. The molecule has 2 N–H and O–H groups in total. The van der Waals surface area contributed by atoms with Gasteiger partial charge in [-0.25, -0.2) is 4.98 Å². The van der Waals surface area contributed by atoms with Crippen LogP contribution in [0.4, 0.5) is 5.95 Å². The number of imidazole rings is 1. The van der Waals surface area contributed by atoms with Crippen LogP contribution in [-0.2, 0) is 6.54 Å². The highest BCUT2D eigenvalue weighted by atomic mass is 35.5. The van der Waals surface area contributed by atoms with Gasteiger partial charge in [0.05, 0.1) is 5.52 Å². The predicted molar refractivity (Wildman–Crippen MR) is 105 cm³/mol. The fraction of sp³-hybridized carbons (Fsp3) is 0.294. The van der Waals surface area contributed by atoms with Crippen molar-refractivity contribution in [2.24, 2.45) is 0 Å². The van der Waals surface area contributed by atoms with Crippen molar-refractivity contribution in [1.29, 1.82) is 0 Å². The van der Waals surface area contributed by atoms with Crippen LogP contribution in [0.2, 0.25) is 15.2 Å². The number of aromatic amines is 1. The van der Waals surface area contributed by atoms with Crippen molar-refractivity contribution in [1.82, 2.24) is 20.3 Å². The minimum atomic E-state index is 0.440. The Hall–Kier alpha value is -1.53. The van der Waals surface area contributed by atoms with Gasteiger partial charge < -0.3 is 15.2 Å². The number of hydrogen-bond donors (Lipinski definition) is 2. The number of rotatable bonds is 7. The van der Waals surface area contributed by atoms with Crippen LogP contribution in [0.3, 0.4) is 0 Å². The van der Waals surface area contributed by atoms with Crippen LogP contribution in [0.5, 0.6) is 0 Å². The van der Waals surface area contributed by atoms with Gasteiger partial charge in [-0.15, -0.1) is 0 Å². The summed E-state index contributed by atoms with van der Waals surface area (Å²) in [4.78, 5) is 14.2. The summed E-state index contributed by atoms with van der Waals surface area (Å²) in [6, 6.07) is 9.18. The molecular weight excluding hydrogens is 381 g/mol. The lowest BCUT2D eigenvalue weighted by atomic mass is 10.2. The molecule has 0 atom stereocenters. The molecule has 3 rings (SSSR count). The number of hydrogen-bond acceptors (Lipinski definition) is 4. The Morgan fingerprint density at radius 3 is 2.56 bits per heavy atom. The van der Waals surface area contributed by atoms with E-state index in [0.29, 0.717) is 27.4 Å². The number of nitrogens with one attached hydrogen (secondary N) is 2. The van der Waals surface area contributed by atoms with Gasteiger partial charge in [-0.1, -0.05) is 34.8 Å². The second-order valence-corrected chi connectivity index (χ2v) is 6.86. The van der Waals surface area contributed by atoms with Crippen LogP contribution in [-0.4, -0.2) is 34.6 Å². The highest BCUT2D eigenvalue weighted by Crippen LogP contribution is 2.19. The fourth-order valence-electron chi connectivity index (χ4n) is 2.58. The molecule has 132 valence electrons. The van der Waals surface area contributed by atoms with Gasteiger partial charge in [0.15, 0.2) is 5.65 Å². The minimum absolute atomic E-state index is 0.440. The monoisotopic (exact) mass is 397 g/mol. The summed E-state index contributed by atoms with van der Waals surface area (Å²) in [5.41, 5.74) is 2.56. The molecule has 0 saturated carbocycles. The van der Waals surface area contributed by atoms with E-state index >= 15 is 0 Å². The molecular formula is C17H18Cl3N5. The molecule has 1 aromatic carbocycles. The summed E-state index contributed by atoms with van der Waals surface area (Å²) in [6.45, 7) is 5.22. The summed E-state index contributed by atoms with van der Waals surface area (Å²) < 4.78 is 0. The first-order valence-corrected chi connectivity index (χ1v) is 9.11. The van der Waals surface area contributed by atoms with Gasteiger partial charge in [-0.2, -0.15) is 4.98 Å². The zero-order chi connectivity index (χ0) is 17.8. The highest BCUT2D eigenvalue weighted by Gasteiger charge is 2.10. The molecule has 0 fully saturated rings. The van der Waals surface area contributed by atoms with Crippen molar-refractivity contribution < 1.29 is 0 Å². The zero-order valence-corrected chi connectivity index (χ0v) is 16.0. The van der Waals surface area contributed by atoms with Crippen molar-refractivity contribution >= 4 is 51.9 Å². The Morgan fingerprint density at radius 2 is 1.84 bits per heavy atom. The molecule has 25 heavy (non-hydrogen) atoms. The number of fused-ring (bicyclic) bond motifs is 1. The second kappa shape index (κ2) is 8.23. The maximum Gasteiger partial charge on any atom is 0.205 e. The van der Waals surface area contributed by atoms with E-state index in [1.165, 1.54) is 0 Å². The number of pyridine rings is 1. The lowest BCUT2D eigenvalue weighted by Crippen LogP contribution is -2.32. The molecule has 2 aromatic heterocycles. The smallest absolute Gasteiger partial charge is 0.205 e. The van der Waals surface area contributed by atoms with Gasteiger partial charge in [0.1, 0.15) is 5.15 Å². The topological polar surface area (TPSA) is 56.8 Å². The second-order valence-electron chi connectivity index (χ2n) is 5.60. The van der Waals surface area contributed by atoms with Crippen molar-refractivity contribution in [2.75, 3.05) is 24.5 Å². The highest BCUT2D eigenvalue weighted by molar-refractivity contribution is 6.34. The first-order chi connectivity index (χ1) is 12.0. The molecule has 0 aliphatic heterocycles. The summed E-state index contributed by atoms with van der Waals surface area (Å²) in [7, 11) is 0. The molecule has 3 aromatic rings. The normalized spacial score (nSPS) is 11.2. The predicted octanol–water partition coefficient (Wildman–Crippen LogP) is 4.53. The SMILES string of the molecule is CCN(CCNCc1cc(Cl)cc(Cl)c1)c1nc2nc(Cl)ccc2[nH]1. The Balaban J connectivity index is 1.58. The average molecular weight is 399 g/mol. The van der Waals surface area contributed by atoms with Crippen LogP contribution >= 0.6 is 34.8 Å². The summed E-state index contributed by atoms with van der Waals surface area (Å²) in [5, 5.41) is 5.13. The van der Waals surface area contributed by atoms with Crippen molar-refractivity contribution in [3.8, 4) is 0 Å². The van der Waals surface area contributed by atoms with E-state index in [9.17, 15) is 0 Å². The average Bonchev–Trinajstić information content (AvgIpc) is 2.96. The van der Waals surface area contributed by atoms with Crippen molar-refractivity contribution in [2.45, 2.75) is 13.5 Å². The van der Waals surface area contributed by atoms with Gasteiger partial charge in [0.25, 0.3) is 0 Å². The first-order valence-electron chi connectivity index (χ1n) is 7.98. The number of likely N-dealkylation sites (N-methyl/N-ethyl adjacent to an activating group) is 1. The van der Waals surface area contributed by atoms with E-state index in [0.717, 1.165) is 36.7 Å². The Bertz CT molecular complexity index is 844. The van der Waals surface area contributed by atoms with E-state index in [2.05, 4.69) is 32.1 Å². The molecule has 0 unspecified atom stereocenters. The lowest BCUT2D eigenvalue weighted by molar-refractivity contribution is 0.659. The van der Waals surface area contributed by atoms with Gasteiger partial charge in [0.2, 0.25) is 5.95 Å². The van der Waals surface area contributed by atoms with E-state index in [-0.39, 0.29) is 0 Å². The standard InChI is InChI=1S/C17H18Cl3N5/c1-2-25(17-22-14-3-4-15(20)23-16(14)24-17)6-5-21-10-11-7-12(18)9-13(19)8-11/h3-4,7-9,21H,2,5-6,10H2,1H3,(H,22,23,24). The van der Waals surface area contributed by atoms with Crippen LogP contribution < -0.4 is 10.2 Å². The molecule has 0 saturated heterocycles.